The second-order valence-corrected chi connectivity index (χ2v) is 6.92. The highest BCUT2D eigenvalue weighted by molar-refractivity contribution is 5.97. The summed E-state index contributed by atoms with van der Waals surface area (Å²) >= 11 is 0. The number of nitrogens with zero attached hydrogens (tertiary/aromatic N) is 3. The van der Waals surface area contributed by atoms with Crippen LogP contribution in [0.3, 0.4) is 0 Å². The fraction of sp³-hybridized carbons (Fsp3) is 0.450. The fourth-order valence-corrected chi connectivity index (χ4v) is 3.81. The highest BCUT2D eigenvalue weighted by atomic mass is 16.5. The predicted molar refractivity (Wildman–Crippen MR) is 98.3 cm³/mol. The molecule has 2 aliphatic rings. The molecule has 6 nitrogen and oxygen atoms in total. The lowest BCUT2D eigenvalue weighted by molar-refractivity contribution is 0.0701. The summed E-state index contributed by atoms with van der Waals surface area (Å²) < 4.78 is 5.35. The molecule has 0 radical (unpaired) electrons. The van der Waals surface area contributed by atoms with Crippen molar-refractivity contribution in [3.05, 3.63) is 53.1 Å². The summed E-state index contributed by atoms with van der Waals surface area (Å²) in [5.41, 5.74) is 2.97. The smallest absolute Gasteiger partial charge is 0.257 e. The van der Waals surface area contributed by atoms with E-state index in [9.17, 15) is 4.79 Å². The van der Waals surface area contributed by atoms with Crippen molar-refractivity contribution in [1.82, 2.24) is 20.2 Å². The van der Waals surface area contributed by atoms with Crippen LogP contribution in [0.1, 0.15) is 46.2 Å². The van der Waals surface area contributed by atoms with Crippen LogP contribution in [0.25, 0.3) is 0 Å². The van der Waals surface area contributed by atoms with E-state index in [1.54, 1.807) is 7.11 Å². The SMILES string of the molecule is COc1ccccc1C(=O)N1CCC[C@H](c2ncc3c(n2)CCNC3)C1. The summed E-state index contributed by atoms with van der Waals surface area (Å²) in [4.78, 5) is 24.3. The normalized spacial score (nSPS) is 19.7. The summed E-state index contributed by atoms with van der Waals surface area (Å²) in [5, 5.41) is 3.35. The third kappa shape index (κ3) is 3.29. The highest BCUT2D eigenvalue weighted by Gasteiger charge is 2.29. The molecule has 0 aliphatic carbocycles. The number of hydrogen-bond donors (Lipinski definition) is 1. The number of fused-ring (bicyclic) bond motifs is 1. The van der Waals surface area contributed by atoms with Crippen molar-refractivity contribution in [3.8, 4) is 5.75 Å². The van der Waals surface area contributed by atoms with Gasteiger partial charge >= 0.3 is 0 Å². The summed E-state index contributed by atoms with van der Waals surface area (Å²) in [5.74, 6) is 1.72. The molecule has 1 fully saturated rings. The van der Waals surface area contributed by atoms with Crippen LogP contribution in [0.4, 0.5) is 0 Å². The van der Waals surface area contributed by atoms with Crippen LogP contribution < -0.4 is 10.1 Å². The second-order valence-electron chi connectivity index (χ2n) is 6.92. The van der Waals surface area contributed by atoms with Gasteiger partial charge in [-0.25, -0.2) is 9.97 Å². The molecular weight excluding hydrogens is 328 g/mol. The zero-order valence-electron chi connectivity index (χ0n) is 15.1. The number of carbonyl (C=O) groups excluding carboxylic acids is 1. The number of hydrogen-bond acceptors (Lipinski definition) is 5. The second kappa shape index (κ2) is 7.41. The lowest BCUT2D eigenvalue weighted by Gasteiger charge is -2.32. The van der Waals surface area contributed by atoms with Crippen molar-refractivity contribution < 1.29 is 9.53 Å². The molecular formula is C20H24N4O2. The molecule has 2 aromatic rings. The van der Waals surface area contributed by atoms with Crippen LogP contribution in [0.2, 0.25) is 0 Å². The number of ether oxygens (including phenoxy) is 1. The zero-order chi connectivity index (χ0) is 17.9. The van der Waals surface area contributed by atoms with Gasteiger partial charge in [-0.15, -0.1) is 0 Å². The largest absolute Gasteiger partial charge is 0.496 e. The van der Waals surface area contributed by atoms with E-state index in [-0.39, 0.29) is 11.8 Å². The first-order chi connectivity index (χ1) is 12.8. The van der Waals surface area contributed by atoms with Crippen molar-refractivity contribution >= 4 is 5.91 Å². The summed E-state index contributed by atoms with van der Waals surface area (Å²) in [7, 11) is 1.60. The Labute approximate surface area is 153 Å². The van der Waals surface area contributed by atoms with Gasteiger partial charge in [0.2, 0.25) is 0 Å². The molecule has 136 valence electrons. The minimum Gasteiger partial charge on any atom is -0.496 e. The van der Waals surface area contributed by atoms with Gasteiger partial charge in [0.1, 0.15) is 11.6 Å². The van der Waals surface area contributed by atoms with Gasteiger partial charge in [-0.2, -0.15) is 0 Å². The molecule has 3 heterocycles. The van der Waals surface area contributed by atoms with Crippen LogP contribution in [-0.2, 0) is 13.0 Å². The third-order valence-electron chi connectivity index (χ3n) is 5.24. The van der Waals surface area contributed by atoms with E-state index < -0.39 is 0 Å². The van der Waals surface area contributed by atoms with E-state index in [4.69, 9.17) is 9.72 Å². The van der Waals surface area contributed by atoms with Crippen molar-refractivity contribution in [3.63, 3.8) is 0 Å². The fourth-order valence-electron chi connectivity index (χ4n) is 3.81. The Morgan fingerprint density at radius 1 is 1.35 bits per heavy atom. The Morgan fingerprint density at radius 3 is 3.12 bits per heavy atom. The number of likely N-dealkylation sites (tertiary alicyclic amines) is 1. The predicted octanol–water partition coefficient (Wildman–Crippen LogP) is 2.15. The Morgan fingerprint density at radius 2 is 2.23 bits per heavy atom. The number of aromatic nitrogens is 2. The number of amides is 1. The molecule has 1 atom stereocenters. The van der Waals surface area contributed by atoms with Crippen molar-refractivity contribution in [2.24, 2.45) is 0 Å². The number of rotatable bonds is 3. The maximum atomic E-state index is 13.0. The summed E-state index contributed by atoms with van der Waals surface area (Å²) in [6, 6.07) is 7.41. The number of carbonyl (C=O) groups is 1. The van der Waals surface area contributed by atoms with Gasteiger partial charge < -0.3 is 15.0 Å². The number of nitrogens with one attached hydrogen (secondary N) is 1. The maximum Gasteiger partial charge on any atom is 0.257 e. The molecule has 0 bridgehead atoms. The summed E-state index contributed by atoms with van der Waals surface area (Å²) in [6.45, 7) is 3.24. The van der Waals surface area contributed by atoms with Crippen LogP contribution >= 0.6 is 0 Å². The molecule has 1 amide bonds. The van der Waals surface area contributed by atoms with Gasteiger partial charge in [0.25, 0.3) is 5.91 Å². The first-order valence-corrected chi connectivity index (χ1v) is 9.24. The average molecular weight is 352 g/mol. The van der Waals surface area contributed by atoms with E-state index in [0.29, 0.717) is 17.9 Å². The molecule has 0 spiro atoms. The molecule has 1 aromatic heterocycles. The highest BCUT2D eigenvalue weighted by Crippen LogP contribution is 2.28. The molecule has 0 saturated carbocycles. The monoisotopic (exact) mass is 352 g/mol. The zero-order valence-corrected chi connectivity index (χ0v) is 15.1. The van der Waals surface area contributed by atoms with E-state index in [1.807, 2.05) is 35.4 Å². The lowest BCUT2D eigenvalue weighted by Crippen LogP contribution is -2.40. The van der Waals surface area contributed by atoms with Crippen LogP contribution in [0.5, 0.6) is 5.75 Å². The van der Waals surface area contributed by atoms with E-state index in [2.05, 4.69) is 10.3 Å². The van der Waals surface area contributed by atoms with Crippen LogP contribution in [0, 0.1) is 0 Å². The Balaban J connectivity index is 1.53. The lowest BCUT2D eigenvalue weighted by atomic mass is 9.95. The van der Waals surface area contributed by atoms with Crippen molar-refractivity contribution in [2.75, 3.05) is 26.7 Å². The van der Waals surface area contributed by atoms with Crippen molar-refractivity contribution in [1.29, 1.82) is 0 Å². The first kappa shape index (κ1) is 17.0. The third-order valence-corrected chi connectivity index (χ3v) is 5.24. The topological polar surface area (TPSA) is 67.3 Å². The molecule has 2 aliphatic heterocycles. The standard InChI is InChI=1S/C20H24N4O2/c1-26-18-7-3-2-6-16(18)20(25)24-10-4-5-14(13-24)19-22-12-15-11-21-9-8-17(15)23-19/h2-3,6-7,12,14,21H,4-5,8-11,13H2,1H3/t14-/m0/s1. The Kier molecular flexibility index (Phi) is 4.84. The molecule has 6 heteroatoms. The number of benzene rings is 1. The quantitative estimate of drug-likeness (QED) is 0.917. The van der Waals surface area contributed by atoms with Gasteiger partial charge in [-0.1, -0.05) is 12.1 Å². The van der Waals surface area contributed by atoms with Crippen LogP contribution in [-0.4, -0.2) is 47.5 Å². The van der Waals surface area contributed by atoms with Crippen molar-refractivity contribution in [2.45, 2.75) is 31.7 Å². The van der Waals surface area contributed by atoms with Gasteiger partial charge in [-0.3, -0.25) is 4.79 Å². The molecule has 1 N–H and O–H groups in total. The Bertz CT molecular complexity index is 808. The number of piperidine rings is 1. The molecule has 1 saturated heterocycles. The van der Waals surface area contributed by atoms with E-state index in [1.165, 1.54) is 5.56 Å². The van der Waals surface area contributed by atoms with Gasteiger partial charge in [-0.05, 0) is 25.0 Å². The van der Waals surface area contributed by atoms with E-state index >= 15 is 0 Å². The number of methoxy groups -OCH3 is 1. The Hall–Kier alpha value is -2.47. The van der Waals surface area contributed by atoms with E-state index in [0.717, 1.165) is 50.4 Å². The minimum absolute atomic E-state index is 0.0225. The average Bonchev–Trinajstić information content (AvgIpc) is 2.73. The van der Waals surface area contributed by atoms with Gasteiger partial charge in [0, 0.05) is 56.0 Å². The van der Waals surface area contributed by atoms with Crippen LogP contribution in [0.15, 0.2) is 30.5 Å². The molecule has 1 aromatic carbocycles. The maximum absolute atomic E-state index is 13.0. The van der Waals surface area contributed by atoms with Gasteiger partial charge in [0.15, 0.2) is 0 Å². The van der Waals surface area contributed by atoms with Gasteiger partial charge in [0.05, 0.1) is 12.7 Å². The summed E-state index contributed by atoms with van der Waals surface area (Å²) in [6.07, 6.45) is 4.88. The molecule has 26 heavy (non-hydrogen) atoms. The molecule has 0 unspecified atom stereocenters. The number of para-hydroxylation sites is 1. The molecule has 4 rings (SSSR count). The first-order valence-electron chi connectivity index (χ1n) is 9.24. The minimum atomic E-state index is 0.0225.